The molecule has 1 heterocycles. The van der Waals surface area contributed by atoms with Crippen LogP contribution in [0.3, 0.4) is 0 Å². The van der Waals surface area contributed by atoms with Crippen LogP contribution >= 0.6 is 12.4 Å². The summed E-state index contributed by atoms with van der Waals surface area (Å²) in [5.74, 6) is 1.51. The van der Waals surface area contributed by atoms with Gasteiger partial charge in [-0.3, -0.25) is 4.98 Å². The van der Waals surface area contributed by atoms with Crippen LogP contribution in [0.1, 0.15) is 22.3 Å². The van der Waals surface area contributed by atoms with E-state index in [1.165, 1.54) is 11.1 Å². The van der Waals surface area contributed by atoms with Crippen LogP contribution in [-0.2, 0) is 19.7 Å². The minimum absolute atomic E-state index is 0. The van der Waals surface area contributed by atoms with Crippen LogP contribution in [0.2, 0.25) is 0 Å². The predicted molar refractivity (Wildman–Crippen MR) is 111 cm³/mol. The summed E-state index contributed by atoms with van der Waals surface area (Å²) in [4.78, 5) is 4.03. The quantitative estimate of drug-likeness (QED) is 0.611. The fourth-order valence-electron chi connectivity index (χ4n) is 2.64. The molecule has 0 saturated heterocycles. The molecule has 1 aromatic heterocycles. The van der Waals surface area contributed by atoms with E-state index >= 15 is 0 Å². The van der Waals surface area contributed by atoms with Crippen molar-refractivity contribution in [2.75, 3.05) is 7.11 Å². The van der Waals surface area contributed by atoms with Gasteiger partial charge in [-0.15, -0.1) is 12.4 Å². The van der Waals surface area contributed by atoms with Crippen molar-refractivity contribution in [2.45, 2.75) is 26.6 Å². The van der Waals surface area contributed by atoms with Gasteiger partial charge >= 0.3 is 0 Å². The van der Waals surface area contributed by atoms with E-state index < -0.39 is 0 Å². The SMILES string of the molecule is COc1cc(CNCc2ccncc2)ccc1OCc1ccc(C)cc1.Cl. The molecule has 0 aliphatic carbocycles. The number of pyridine rings is 1. The standard InChI is InChI=1S/C22H24N2O2.ClH/c1-17-3-5-19(6-4-17)16-26-21-8-7-20(13-22(21)25-2)15-24-14-18-9-11-23-12-10-18;/h3-13,24H,14-16H2,1-2H3;1H. The molecule has 0 fully saturated rings. The van der Waals surface area contributed by atoms with Crippen LogP contribution in [0.4, 0.5) is 0 Å². The Bertz CT molecular complexity index is 823. The Balaban J connectivity index is 0.00000261. The molecule has 0 aliphatic heterocycles. The van der Waals surface area contributed by atoms with Crippen molar-refractivity contribution >= 4 is 12.4 Å². The van der Waals surface area contributed by atoms with E-state index in [-0.39, 0.29) is 12.4 Å². The smallest absolute Gasteiger partial charge is 0.161 e. The molecule has 142 valence electrons. The molecular weight excluding hydrogens is 360 g/mol. The van der Waals surface area contributed by atoms with E-state index in [4.69, 9.17) is 9.47 Å². The molecule has 0 saturated carbocycles. The third kappa shape index (κ3) is 6.27. The molecule has 0 spiro atoms. The fourth-order valence-corrected chi connectivity index (χ4v) is 2.64. The summed E-state index contributed by atoms with van der Waals surface area (Å²) >= 11 is 0. The summed E-state index contributed by atoms with van der Waals surface area (Å²) in [6, 6.07) is 18.4. The normalized spacial score (nSPS) is 10.1. The van der Waals surface area contributed by atoms with Gasteiger partial charge in [-0.25, -0.2) is 0 Å². The molecule has 0 amide bonds. The molecule has 3 aromatic rings. The maximum absolute atomic E-state index is 5.93. The average Bonchev–Trinajstić information content (AvgIpc) is 2.69. The zero-order valence-corrected chi connectivity index (χ0v) is 16.5. The minimum atomic E-state index is 0. The third-order valence-corrected chi connectivity index (χ3v) is 4.15. The van der Waals surface area contributed by atoms with Crippen LogP contribution in [0.25, 0.3) is 0 Å². The van der Waals surface area contributed by atoms with Gasteiger partial charge in [0.05, 0.1) is 7.11 Å². The number of rotatable bonds is 8. The summed E-state index contributed by atoms with van der Waals surface area (Å²) in [5, 5.41) is 3.43. The summed E-state index contributed by atoms with van der Waals surface area (Å²) in [7, 11) is 1.67. The summed E-state index contributed by atoms with van der Waals surface area (Å²) in [5.41, 5.74) is 4.75. The molecule has 0 aliphatic rings. The first-order valence-corrected chi connectivity index (χ1v) is 8.69. The molecule has 0 radical (unpaired) electrons. The lowest BCUT2D eigenvalue weighted by atomic mass is 10.1. The number of aryl methyl sites for hydroxylation is 1. The van der Waals surface area contributed by atoms with Crippen molar-refractivity contribution in [3.63, 3.8) is 0 Å². The van der Waals surface area contributed by atoms with Crippen molar-refractivity contribution < 1.29 is 9.47 Å². The van der Waals surface area contributed by atoms with E-state index in [9.17, 15) is 0 Å². The molecule has 5 heteroatoms. The van der Waals surface area contributed by atoms with Gasteiger partial charge in [0.1, 0.15) is 6.61 Å². The Morgan fingerprint density at radius 2 is 1.48 bits per heavy atom. The fraction of sp³-hybridized carbons (Fsp3) is 0.227. The number of aromatic nitrogens is 1. The molecule has 0 bridgehead atoms. The maximum atomic E-state index is 5.93. The van der Waals surface area contributed by atoms with Crippen molar-refractivity contribution in [3.8, 4) is 11.5 Å². The second kappa shape index (κ2) is 10.6. The van der Waals surface area contributed by atoms with Crippen LogP contribution in [0, 0.1) is 6.92 Å². The molecule has 0 atom stereocenters. The Hall–Kier alpha value is -2.56. The largest absolute Gasteiger partial charge is 0.493 e. The van der Waals surface area contributed by atoms with E-state index in [0.717, 1.165) is 35.7 Å². The lowest BCUT2D eigenvalue weighted by molar-refractivity contribution is 0.284. The second-order valence-electron chi connectivity index (χ2n) is 6.22. The van der Waals surface area contributed by atoms with Gasteiger partial charge in [0.2, 0.25) is 0 Å². The highest BCUT2D eigenvalue weighted by molar-refractivity contribution is 5.85. The Kier molecular flexibility index (Phi) is 8.11. The summed E-state index contributed by atoms with van der Waals surface area (Å²) in [6.07, 6.45) is 3.61. The highest BCUT2D eigenvalue weighted by Crippen LogP contribution is 2.29. The Morgan fingerprint density at radius 3 is 2.19 bits per heavy atom. The first-order valence-electron chi connectivity index (χ1n) is 8.69. The van der Waals surface area contributed by atoms with E-state index in [1.54, 1.807) is 19.5 Å². The molecule has 0 unspecified atom stereocenters. The number of hydrogen-bond donors (Lipinski definition) is 1. The second-order valence-corrected chi connectivity index (χ2v) is 6.22. The number of halogens is 1. The number of ether oxygens (including phenoxy) is 2. The van der Waals surface area contributed by atoms with Gasteiger partial charge < -0.3 is 14.8 Å². The monoisotopic (exact) mass is 384 g/mol. The Labute approximate surface area is 167 Å². The van der Waals surface area contributed by atoms with Crippen molar-refractivity contribution in [1.29, 1.82) is 0 Å². The third-order valence-electron chi connectivity index (χ3n) is 4.15. The van der Waals surface area contributed by atoms with Gasteiger partial charge in [0.15, 0.2) is 11.5 Å². The van der Waals surface area contributed by atoms with Gasteiger partial charge in [-0.2, -0.15) is 0 Å². The van der Waals surface area contributed by atoms with Crippen LogP contribution in [0.15, 0.2) is 67.0 Å². The summed E-state index contributed by atoms with van der Waals surface area (Å²) in [6.45, 7) is 4.17. The van der Waals surface area contributed by atoms with Gasteiger partial charge in [-0.05, 0) is 47.9 Å². The topological polar surface area (TPSA) is 43.4 Å². The number of methoxy groups -OCH3 is 1. The zero-order chi connectivity index (χ0) is 18.2. The average molecular weight is 385 g/mol. The van der Waals surface area contributed by atoms with Gasteiger partial charge in [0, 0.05) is 25.5 Å². The first kappa shape index (κ1) is 20.7. The highest BCUT2D eigenvalue weighted by Gasteiger charge is 2.06. The molecule has 2 aromatic carbocycles. The van der Waals surface area contributed by atoms with Crippen molar-refractivity contribution in [1.82, 2.24) is 10.3 Å². The maximum Gasteiger partial charge on any atom is 0.161 e. The number of benzene rings is 2. The van der Waals surface area contributed by atoms with Crippen molar-refractivity contribution in [2.24, 2.45) is 0 Å². The van der Waals surface area contributed by atoms with Gasteiger partial charge in [0.25, 0.3) is 0 Å². The van der Waals surface area contributed by atoms with E-state index in [0.29, 0.717) is 6.61 Å². The molecule has 4 nitrogen and oxygen atoms in total. The minimum Gasteiger partial charge on any atom is -0.493 e. The Morgan fingerprint density at radius 1 is 0.815 bits per heavy atom. The number of hydrogen-bond acceptors (Lipinski definition) is 4. The van der Waals surface area contributed by atoms with Crippen LogP contribution in [-0.4, -0.2) is 12.1 Å². The van der Waals surface area contributed by atoms with Crippen molar-refractivity contribution in [3.05, 3.63) is 89.2 Å². The van der Waals surface area contributed by atoms with Crippen LogP contribution < -0.4 is 14.8 Å². The van der Waals surface area contributed by atoms with Crippen LogP contribution in [0.5, 0.6) is 11.5 Å². The molecule has 27 heavy (non-hydrogen) atoms. The highest BCUT2D eigenvalue weighted by atomic mass is 35.5. The molecular formula is C22H25ClN2O2. The lowest BCUT2D eigenvalue weighted by Gasteiger charge is -2.13. The summed E-state index contributed by atoms with van der Waals surface area (Å²) < 4.78 is 11.4. The van der Waals surface area contributed by atoms with E-state index in [2.05, 4.69) is 47.6 Å². The number of nitrogens with zero attached hydrogens (tertiary/aromatic N) is 1. The first-order chi connectivity index (χ1) is 12.7. The molecule has 3 rings (SSSR count). The van der Waals surface area contributed by atoms with Gasteiger partial charge in [-0.1, -0.05) is 35.9 Å². The van der Waals surface area contributed by atoms with E-state index in [1.807, 2.05) is 24.3 Å². The zero-order valence-electron chi connectivity index (χ0n) is 15.6. The predicted octanol–water partition coefficient (Wildman–Crippen LogP) is 4.69. The lowest BCUT2D eigenvalue weighted by Crippen LogP contribution is -2.12. The number of nitrogens with one attached hydrogen (secondary N) is 1. The molecule has 1 N–H and O–H groups in total.